The summed E-state index contributed by atoms with van der Waals surface area (Å²) in [5.41, 5.74) is 0. The topological polar surface area (TPSA) is 50.5 Å². The molecule has 2 heterocycles. The molecule has 1 aromatic rings. The second kappa shape index (κ2) is 6.71. The van der Waals surface area contributed by atoms with Gasteiger partial charge in [0.1, 0.15) is 16.4 Å². The van der Waals surface area contributed by atoms with Gasteiger partial charge in [-0.15, -0.1) is 11.6 Å². The number of halogens is 1. The fraction of sp³-hybridized carbons (Fsp3) is 0.733. The Labute approximate surface area is 132 Å². The minimum atomic E-state index is -3.47. The standard InChI is InChI=1S/C15H24ClNO3S/c1-11(2)13-5-4-7-17(8-6-13)21(18,19)15-9-14(10-16)20-12(15)3/h9,11,13H,4-8,10H2,1-3H3. The van der Waals surface area contributed by atoms with E-state index in [0.29, 0.717) is 36.4 Å². The molecule has 1 atom stereocenters. The first kappa shape index (κ1) is 16.8. The van der Waals surface area contributed by atoms with Crippen LogP contribution in [-0.4, -0.2) is 25.8 Å². The van der Waals surface area contributed by atoms with Crippen molar-refractivity contribution in [1.29, 1.82) is 0 Å². The summed E-state index contributed by atoms with van der Waals surface area (Å²) in [4.78, 5) is 0.265. The van der Waals surface area contributed by atoms with Crippen LogP contribution in [0, 0.1) is 18.8 Å². The zero-order chi connectivity index (χ0) is 15.6. The van der Waals surface area contributed by atoms with Gasteiger partial charge in [0.15, 0.2) is 0 Å². The van der Waals surface area contributed by atoms with E-state index in [9.17, 15) is 8.42 Å². The summed E-state index contributed by atoms with van der Waals surface area (Å²) in [7, 11) is -3.47. The third kappa shape index (κ3) is 3.63. The summed E-state index contributed by atoms with van der Waals surface area (Å²) >= 11 is 5.73. The van der Waals surface area contributed by atoms with Crippen LogP contribution in [0.2, 0.25) is 0 Å². The average Bonchev–Trinajstić information content (AvgIpc) is 2.65. The van der Waals surface area contributed by atoms with Gasteiger partial charge in [-0.2, -0.15) is 4.31 Å². The van der Waals surface area contributed by atoms with Gasteiger partial charge in [0, 0.05) is 19.2 Å². The lowest BCUT2D eigenvalue weighted by Gasteiger charge is -2.20. The van der Waals surface area contributed by atoms with E-state index in [1.807, 2.05) is 0 Å². The number of nitrogens with zero attached hydrogens (tertiary/aromatic N) is 1. The fourth-order valence-electron chi connectivity index (χ4n) is 2.99. The lowest BCUT2D eigenvalue weighted by molar-refractivity contribution is 0.340. The molecule has 0 radical (unpaired) electrons. The molecule has 21 heavy (non-hydrogen) atoms. The molecule has 0 spiro atoms. The predicted octanol–water partition coefficient (Wildman–Crippen LogP) is 3.77. The highest BCUT2D eigenvalue weighted by Crippen LogP contribution is 2.29. The largest absolute Gasteiger partial charge is 0.464 e. The minimum absolute atomic E-state index is 0.186. The molecule has 2 rings (SSSR count). The molecule has 0 N–H and O–H groups in total. The Morgan fingerprint density at radius 3 is 2.67 bits per heavy atom. The molecule has 1 aliphatic heterocycles. The van der Waals surface area contributed by atoms with Crippen molar-refractivity contribution >= 4 is 21.6 Å². The SMILES string of the molecule is Cc1oc(CCl)cc1S(=O)(=O)N1CCCC(C(C)C)CC1. The number of hydrogen-bond donors (Lipinski definition) is 0. The van der Waals surface area contributed by atoms with Gasteiger partial charge in [0.2, 0.25) is 10.0 Å². The predicted molar refractivity (Wildman–Crippen MR) is 83.9 cm³/mol. The maximum atomic E-state index is 12.8. The number of furan rings is 1. The highest BCUT2D eigenvalue weighted by atomic mass is 35.5. The lowest BCUT2D eigenvalue weighted by Crippen LogP contribution is -2.32. The number of sulfonamides is 1. The maximum Gasteiger partial charge on any atom is 0.246 e. The molecular weight excluding hydrogens is 310 g/mol. The second-order valence-corrected chi connectivity index (χ2v) is 8.28. The van der Waals surface area contributed by atoms with Gasteiger partial charge in [-0.3, -0.25) is 0 Å². The molecule has 1 aromatic heterocycles. The van der Waals surface area contributed by atoms with E-state index in [4.69, 9.17) is 16.0 Å². The summed E-state index contributed by atoms with van der Waals surface area (Å²) < 4.78 is 32.6. The Balaban J connectivity index is 2.21. The Morgan fingerprint density at radius 2 is 2.10 bits per heavy atom. The zero-order valence-corrected chi connectivity index (χ0v) is 14.5. The van der Waals surface area contributed by atoms with Crippen LogP contribution in [-0.2, 0) is 15.9 Å². The lowest BCUT2D eigenvalue weighted by atomic mass is 9.89. The van der Waals surface area contributed by atoms with E-state index in [2.05, 4.69) is 13.8 Å². The van der Waals surface area contributed by atoms with Crippen molar-refractivity contribution in [2.24, 2.45) is 11.8 Å². The van der Waals surface area contributed by atoms with Crippen LogP contribution in [0.15, 0.2) is 15.4 Å². The van der Waals surface area contributed by atoms with Crippen LogP contribution in [0.1, 0.15) is 44.6 Å². The van der Waals surface area contributed by atoms with Crippen LogP contribution in [0.4, 0.5) is 0 Å². The first-order valence-corrected chi connectivity index (χ1v) is 9.49. The van der Waals surface area contributed by atoms with Gasteiger partial charge in [-0.25, -0.2) is 8.42 Å². The van der Waals surface area contributed by atoms with Crippen LogP contribution in [0.3, 0.4) is 0 Å². The number of aryl methyl sites for hydroxylation is 1. The maximum absolute atomic E-state index is 12.8. The summed E-state index contributed by atoms with van der Waals surface area (Å²) in [5.74, 6) is 2.32. The summed E-state index contributed by atoms with van der Waals surface area (Å²) in [5, 5.41) is 0. The Morgan fingerprint density at radius 1 is 1.38 bits per heavy atom. The molecule has 0 bridgehead atoms. The fourth-order valence-corrected chi connectivity index (χ4v) is 4.80. The van der Waals surface area contributed by atoms with Crippen LogP contribution < -0.4 is 0 Å². The molecule has 0 amide bonds. The number of alkyl halides is 1. The third-order valence-electron chi connectivity index (χ3n) is 4.35. The first-order valence-electron chi connectivity index (χ1n) is 7.51. The van der Waals surface area contributed by atoms with Gasteiger partial charge in [0.05, 0.1) is 5.88 Å². The average molecular weight is 334 g/mol. The Hall–Kier alpha value is -0.520. The summed E-state index contributed by atoms with van der Waals surface area (Å²) in [6.07, 6.45) is 2.94. The molecule has 0 aromatic carbocycles. The molecule has 1 unspecified atom stereocenters. The molecule has 1 fully saturated rings. The van der Waals surface area contributed by atoms with E-state index >= 15 is 0 Å². The van der Waals surface area contributed by atoms with Crippen molar-refractivity contribution in [3.05, 3.63) is 17.6 Å². The molecule has 120 valence electrons. The van der Waals surface area contributed by atoms with Crippen molar-refractivity contribution in [3.63, 3.8) is 0 Å². The van der Waals surface area contributed by atoms with Gasteiger partial charge >= 0.3 is 0 Å². The normalized spacial score (nSPS) is 21.7. The smallest absolute Gasteiger partial charge is 0.246 e. The van der Waals surface area contributed by atoms with Crippen LogP contribution in [0.25, 0.3) is 0 Å². The van der Waals surface area contributed by atoms with Gasteiger partial charge in [-0.1, -0.05) is 13.8 Å². The molecular formula is C15H24ClNO3S. The van der Waals surface area contributed by atoms with Crippen LogP contribution in [0.5, 0.6) is 0 Å². The van der Waals surface area contributed by atoms with Crippen molar-refractivity contribution in [2.45, 2.75) is 50.8 Å². The minimum Gasteiger partial charge on any atom is -0.464 e. The highest BCUT2D eigenvalue weighted by Gasteiger charge is 2.31. The van der Waals surface area contributed by atoms with Crippen molar-refractivity contribution in [2.75, 3.05) is 13.1 Å². The van der Waals surface area contributed by atoms with E-state index in [1.165, 1.54) is 0 Å². The summed E-state index contributed by atoms with van der Waals surface area (Å²) in [6.45, 7) is 7.28. The molecule has 1 aliphatic rings. The van der Waals surface area contributed by atoms with Gasteiger partial charge in [-0.05, 0) is 38.0 Å². The van der Waals surface area contributed by atoms with E-state index in [0.717, 1.165) is 19.3 Å². The van der Waals surface area contributed by atoms with E-state index in [-0.39, 0.29) is 10.8 Å². The quantitative estimate of drug-likeness (QED) is 0.788. The molecule has 1 saturated heterocycles. The molecule has 6 heteroatoms. The van der Waals surface area contributed by atoms with E-state index < -0.39 is 10.0 Å². The second-order valence-electron chi connectivity index (χ2n) is 6.11. The summed E-state index contributed by atoms with van der Waals surface area (Å²) in [6, 6.07) is 1.56. The van der Waals surface area contributed by atoms with Gasteiger partial charge in [0.25, 0.3) is 0 Å². The third-order valence-corrected chi connectivity index (χ3v) is 6.62. The van der Waals surface area contributed by atoms with Gasteiger partial charge < -0.3 is 4.42 Å². The Kier molecular flexibility index (Phi) is 5.38. The Bertz CT molecular complexity index is 580. The van der Waals surface area contributed by atoms with Crippen molar-refractivity contribution in [3.8, 4) is 0 Å². The monoisotopic (exact) mass is 333 g/mol. The highest BCUT2D eigenvalue weighted by molar-refractivity contribution is 7.89. The number of rotatable bonds is 4. The zero-order valence-electron chi connectivity index (χ0n) is 12.9. The van der Waals surface area contributed by atoms with E-state index in [1.54, 1.807) is 17.3 Å². The number of hydrogen-bond acceptors (Lipinski definition) is 3. The first-order chi connectivity index (χ1) is 9.86. The van der Waals surface area contributed by atoms with Crippen LogP contribution >= 0.6 is 11.6 Å². The van der Waals surface area contributed by atoms with Crippen molar-refractivity contribution < 1.29 is 12.8 Å². The van der Waals surface area contributed by atoms with Crippen molar-refractivity contribution in [1.82, 2.24) is 4.31 Å². The molecule has 4 nitrogen and oxygen atoms in total. The molecule has 0 aliphatic carbocycles. The molecule has 0 saturated carbocycles.